The molecule has 0 saturated carbocycles. The van der Waals surface area contributed by atoms with Crippen LogP contribution in [0.2, 0.25) is 0 Å². The van der Waals surface area contributed by atoms with E-state index in [1.807, 2.05) is 0 Å². The lowest BCUT2D eigenvalue weighted by molar-refractivity contribution is 0.578. The summed E-state index contributed by atoms with van der Waals surface area (Å²) >= 11 is 0. The van der Waals surface area contributed by atoms with E-state index in [-0.39, 0.29) is 17.1 Å². The predicted octanol–water partition coefficient (Wildman–Crippen LogP) is 0.165. The van der Waals surface area contributed by atoms with Crippen molar-refractivity contribution >= 4 is 10.0 Å². The van der Waals surface area contributed by atoms with Crippen molar-refractivity contribution in [2.24, 2.45) is 7.05 Å². The zero-order chi connectivity index (χ0) is 13.9. The van der Waals surface area contributed by atoms with Crippen LogP contribution in [-0.2, 0) is 23.6 Å². The van der Waals surface area contributed by atoms with Gasteiger partial charge in [-0.15, -0.1) is 0 Å². The number of rotatable bonds is 4. The molecule has 2 heterocycles. The maximum atomic E-state index is 12.1. The predicted molar refractivity (Wildman–Crippen MR) is 66.2 cm³/mol. The third-order valence-electron chi connectivity index (χ3n) is 2.38. The second-order valence-corrected chi connectivity index (χ2v) is 5.50. The van der Waals surface area contributed by atoms with Crippen molar-refractivity contribution in [3.63, 3.8) is 0 Å². The highest BCUT2D eigenvalue weighted by Gasteiger charge is 2.19. The first-order valence-corrected chi connectivity index (χ1v) is 6.84. The fourth-order valence-electron chi connectivity index (χ4n) is 1.50. The number of hydrogen-bond acceptors (Lipinski definition) is 5. The van der Waals surface area contributed by atoms with Gasteiger partial charge in [-0.25, -0.2) is 18.1 Å². The van der Waals surface area contributed by atoms with E-state index in [2.05, 4.69) is 14.8 Å². The van der Waals surface area contributed by atoms with Gasteiger partial charge in [0.1, 0.15) is 11.0 Å². The van der Waals surface area contributed by atoms with Crippen LogP contribution in [0.5, 0.6) is 0 Å². The maximum absolute atomic E-state index is 12.1. The zero-order valence-electron chi connectivity index (χ0n) is 10.1. The van der Waals surface area contributed by atoms with Crippen LogP contribution in [0.25, 0.3) is 0 Å². The third kappa shape index (κ3) is 2.96. The minimum absolute atomic E-state index is 0.0585. The van der Waals surface area contributed by atoms with E-state index in [1.165, 1.54) is 18.3 Å². The smallest absolute Gasteiger partial charge is 0.243 e. The first kappa shape index (κ1) is 13.2. The van der Waals surface area contributed by atoms with Crippen LogP contribution in [0, 0.1) is 11.3 Å². The van der Waals surface area contributed by atoms with Crippen molar-refractivity contribution in [2.45, 2.75) is 11.4 Å². The molecule has 0 radical (unpaired) electrons. The molecule has 98 valence electrons. The van der Waals surface area contributed by atoms with Gasteiger partial charge in [0.25, 0.3) is 0 Å². The highest BCUT2D eigenvalue weighted by Crippen LogP contribution is 2.12. The monoisotopic (exact) mass is 277 g/mol. The minimum Gasteiger partial charge on any atom is -0.276 e. The standard InChI is InChI=1S/C11H11N5O2S/c1-16-6-4-9(15-16)8-14-19(17,18)11-3-2-5-13-10(11)7-12/h2-6,14H,8H2,1H3. The first-order chi connectivity index (χ1) is 9.03. The number of aryl methyl sites for hydroxylation is 1. The van der Waals surface area contributed by atoms with Crippen molar-refractivity contribution in [2.75, 3.05) is 0 Å². The molecule has 0 aromatic carbocycles. The Morgan fingerprint density at radius 1 is 1.47 bits per heavy atom. The topological polar surface area (TPSA) is 101 Å². The van der Waals surface area contributed by atoms with Gasteiger partial charge < -0.3 is 0 Å². The maximum Gasteiger partial charge on any atom is 0.243 e. The largest absolute Gasteiger partial charge is 0.276 e. The quantitative estimate of drug-likeness (QED) is 0.858. The molecule has 0 aliphatic heterocycles. The number of hydrogen-bond donors (Lipinski definition) is 1. The van der Waals surface area contributed by atoms with Crippen molar-refractivity contribution < 1.29 is 8.42 Å². The Morgan fingerprint density at radius 3 is 2.89 bits per heavy atom. The van der Waals surface area contributed by atoms with Crippen LogP contribution in [-0.4, -0.2) is 23.2 Å². The van der Waals surface area contributed by atoms with Gasteiger partial charge in [-0.05, 0) is 18.2 Å². The molecule has 0 bridgehead atoms. The molecule has 0 amide bonds. The van der Waals surface area contributed by atoms with Gasteiger partial charge in [0.15, 0.2) is 5.69 Å². The Kier molecular flexibility index (Phi) is 3.59. The number of aromatic nitrogens is 3. The molecule has 1 N–H and O–H groups in total. The molecule has 7 nitrogen and oxygen atoms in total. The van der Waals surface area contributed by atoms with E-state index < -0.39 is 10.0 Å². The van der Waals surface area contributed by atoms with Crippen LogP contribution in [0.15, 0.2) is 35.5 Å². The average Bonchev–Trinajstić information content (AvgIpc) is 2.82. The van der Waals surface area contributed by atoms with Crippen molar-refractivity contribution in [3.05, 3.63) is 42.0 Å². The summed E-state index contributed by atoms with van der Waals surface area (Å²) in [5.74, 6) is 0. The molecule has 0 aliphatic rings. The van der Waals surface area contributed by atoms with E-state index in [0.29, 0.717) is 5.69 Å². The van der Waals surface area contributed by atoms with Gasteiger partial charge in [-0.2, -0.15) is 10.4 Å². The SMILES string of the molecule is Cn1ccc(CNS(=O)(=O)c2cccnc2C#N)n1. The number of nitriles is 1. The fraction of sp³-hybridized carbons (Fsp3) is 0.182. The molecule has 2 aromatic rings. The lowest BCUT2D eigenvalue weighted by Crippen LogP contribution is -2.24. The summed E-state index contributed by atoms with van der Waals surface area (Å²) in [6.07, 6.45) is 3.09. The highest BCUT2D eigenvalue weighted by molar-refractivity contribution is 7.89. The molecule has 19 heavy (non-hydrogen) atoms. The van der Waals surface area contributed by atoms with Crippen LogP contribution in [0.1, 0.15) is 11.4 Å². The lowest BCUT2D eigenvalue weighted by Gasteiger charge is -2.05. The van der Waals surface area contributed by atoms with Gasteiger partial charge in [-0.1, -0.05) is 0 Å². The van der Waals surface area contributed by atoms with E-state index in [9.17, 15) is 8.42 Å². The average molecular weight is 277 g/mol. The van der Waals surface area contributed by atoms with Crippen LogP contribution in [0.3, 0.4) is 0 Å². The molecule has 0 fully saturated rings. The van der Waals surface area contributed by atoms with Crippen molar-refractivity contribution in [1.29, 1.82) is 5.26 Å². The summed E-state index contributed by atoms with van der Waals surface area (Å²) in [6, 6.07) is 6.27. The third-order valence-corrected chi connectivity index (χ3v) is 3.81. The molecule has 0 unspecified atom stereocenters. The Labute approximate surface area is 110 Å². The zero-order valence-corrected chi connectivity index (χ0v) is 10.9. The molecule has 8 heteroatoms. The Balaban J connectivity index is 2.21. The molecular formula is C11H11N5O2S. The molecule has 2 rings (SSSR count). The minimum atomic E-state index is -3.78. The Hall–Kier alpha value is -2.24. The Morgan fingerprint density at radius 2 is 2.26 bits per heavy atom. The highest BCUT2D eigenvalue weighted by atomic mass is 32.2. The summed E-state index contributed by atoms with van der Waals surface area (Å²) in [4.78, 5) is 3.59. The van der Waals surface area contributed by atoms with Crippen LogP contribution >= 0.6 is 0 Å². The number of sulfonamides is 1. The molecule has 0 spiro atoms. The van der Waals surface area contributed by atoms with Crippen molar-refractivity contribution in [3.8, 4) is 6.07 Å². The summed E-state index contributed by atoms with van der Waals surface area (Å²) < 4.78 is 28.1. The normalized spacial score (nSPS) is 11.2. The van der Waals surface area contributed by atoms with Gasteiger partial charge in [0, 0.05) is 19.4 Å². The van der Waals surface area contributed by atoms with E-state index in [1.54, 1.807) is 30.1 Å². The molecule has 0 saturated heterocycles. The number of nitrogens with one attached hydrogen (secondary N) is 1. The Bertz CT molecular complexity index is 730. The second kappa shape index (κ2) is 5.17. The molecule has 0 atom stereocenters. The summed E-state index contributed by atoms with van der Waals surface area (Å²) in [5, 5.41) is 12.9. The molecular weight excluding hydrogens is 266 g/mol. The van der Waals surface area contributed by atoms with Gasteiger partial charge in [0.2, 0.25) is 10.0 Å². The summed E-state index contributed by atoms with van der Waals surface area (Å²) in [7, 11) is -2.03. The summed E-state index contributed by atoms with van der Waals surface area (Å²) in [6.45, 7) is 0.0585. The number of nitrogens with zero attached hydrogens (tertiary/aromatic N) is 4. The van der Waals surface area contributed by atoms with Gasteiger partial charge in [0.05, 0.1) is 12.2 Å². The van der Waals surface area contributed by atoms with Gasteiger partial charge in [-0.3, -0.25) is 4.68 Å². The fourth-order valence-corrected chi connectivity index (χ4v) is 2.60. The lowest BCUT2D eigenvalue weighted by atomic mass is 10.4. The van der Waals surface area contributed by atoms with E-state index in [4.69, 9.17) is 5.26 Å². The van der Waals surface area contributed by atoms with Gasteiger partial charge >= 0.3 is 0 Å². The van der Waals surface area contributed by atoms with E-state index >= 15 is 0 Å². The number of pyridine rings is 1. The molecule has 2 aromatic heterocycles. The van der Waals surface area contributed by atoms with Crippen LogP contribution < -0.4 is 4.72 Å². The summed E-state index contributed by atoms with van der Waals surface area (Å²) in [5.41, 5.74) is 0.462. The van der Waals surface area contributed by atoms with E-state index in [0.717, 1.165) is 0 Å². The van der Waals surface area contributed by atoms with Crippen molar-refractivity contribution in [1.82, 2.24) is 19.5 Å². The van der Waals surface area contributed by atoms with Crippen LogP contribution in [0.4, 0.5) is 0 Å². The molecule has 0 aliphatic carbocycles. The second-order valence-electron chi connectivity index (χ2n) is 3.77. The first-order valence-electron chi connectivity index (χ1n) is 5.36.